The lowest BCUT2D eigenvalue weighted by molar-refractivity contribution is -0.170. The molecule has 0 bridgehead atoms. The minimum Gasteiger partial charge on any atom is -0.463 e. The summed E-state index contributed by atoms with van der Waals surface area (Å²) in [5, 5.41) is 0. The third kappa shape index (κ3) is 6.81. The third-order valence-electron chi connectivity index (χ3n) is 2.98. The van der Waals surface area contributed by atoms with Gasteiger partial charge in [0.2, 0.25) is 0 Å². The Morgan fingerprint density at radius 3 is 2.17 bits per heavy atom. The van der Waals surface area contributed by atoms with Crippen LogP contribution in [0.25, 0.3) is 0 Å². The molecule has 1 unspecified atom stereocenters. The van der Waals surface area contributed by atoms with Gasteiger partial charge in [-0.25, -0.2) is 0 Å². The molecule has 0 aromatic carbocycles. The quantitative estimate of drug-likeness (QED) is 0.428. The van der Waals surface area contributed by atoms with E-state index in [0.717, 1.165) is 0 Å². The van der Waals surface area contributed by atoms with Crippen LogP contribution in [0.4, 0.5) is 0 Å². The van der Waals surface area contributed by atoms with E-state index >= 15 is 0 Å². The van der Waals surface area contributed by atoms with Gasteiger partial charge in [-0.3, -0.25) is 14.4 Å². The van der Waals surface area contributed by atoms with Crippen molar-refractivity contribution in [2.45, 2.75) is 52.9 Å². The van der Waals surface area contributed by atoms with Crippen LogP contribution in [0.5, 0.6) is 0 Å². The molecule has 1 rings (SSSR count). The van der Waals surface area contributed by atoms with E-state index in [1.54, 1.807) is 32.9 Å². The Bertz CT molecular complexity index is 475. The number of carbonyl (C=O) groups excluding carboxylic acids is 3. The topological polar surface area (TPSA) is 88.1 Å². The first-order valence-corrected chi connectivity index (χ1v) is 7.41. The summed E-state index contributed by atoms with van der Waals surface area (Å²) in [4.78, 5) is 33.8. The molecule has 0 spiro atoms. The first-order valence-electron chi connectivity index (χ1n) is 7.41. The normalized spacial score (nSPS) is 24.0. The molecule has 130 valence electrons. The van der Waals surface area contributed by atoms with E-state index in [-0.39, 0.29) is 19.2 Å². The second kappa shape index (κ2) is 8.10. The van der Waals surface area contributed by atoms with Gasteiger partial charge >= 0.3 is 17.9 Å². The Hall–Kier alpha value is -1.89. The lowest BCUT2D eigenvalue weighted by Gasteiger charge is -2.31. The number of hydrogen-bond donors (Lipinski definition) is 0. The van der Waals surface area contributed by atoms with Crippen molar-refractivity contribution in [1.29, 1.82) is 0 Å². The number of carbonyl (C=O) groups is 3. The highest BCUT2D eigenvalue weighted by atomic mass is 16.6. The van der Waals surface area contributed by atoms with Crippen molar-refractivity contribution in [2.24, 2.45) is 5.41 Å². The Morgan fingerprint density at radius 1 is 1.00 bits per heavy atom. The zero-order valence-corrected chi connectivity index (χ0v) is 14.2. The van der Waals surface area contributed by atoms with E-state index < -0.39 is 35.7 Å². The van der Waals surface area contributed by atoms with Crippen molar-refractivity contribution in [1.82, 2.24) is 0 Å². The van der Waals surface area contributed by atoms with Gasteiger partial charge in [0.15, 0.2) is 0 Å². The molecule has 0 saturated heterocycles. The maximum absolute atomic E-state index is 11.8. The van der Waals surface area contributed by atoms with Crippen LogP contribution < -0.4 is 0 Å². The highest BCUT2D eigenvalue weighted by Gasteiger charge is 2.32. The monoisotopic (exact) mass is 328 g/mol. The van der Waals surface area contributed by atoms with Crippen molar-refractivity contribution in [3.8, 4) is 0 Å². The molecule has 0 N–H and O–H groups in total. The lowest BCUT2D eigenvalue weighted by atomic mass is 9.97. The fourth-order valence-electron chi connectivity index (χ4n) is 1.81. The van der Waals surface area contributed by atoms with Crippen LogP contribution in [-0.4, -0.2) is 49.4 Å². The molecule has 7 nitrogen and oxygen atoms in total. The summed E-state index contributed by atoms with van der Waals surface area (Å²) < 4.78 is 20.9. The van der Waals surface area contributed by atoms with Crippen LogP contribution in [0.15, 0.2) is 12.2 Å². The van der Waals surface area contributed by atoms with Crippen molar-refractivity contribution in [2.75, 3.05) is 13.2 Å². The predicted molar refractivity (Wildman–Crippen MR) is 80.4 cm³/mol. The average Bonchev–Trinajstić information content (AvgIpc) is 2.42. The van der Waals surface area contributed by atoms with Crippen molar-refractivity contribution >= 4 is 17.9 Å². The van der Waals surface area contributed by atoms with Crippen molar-refractivity contribution < 1.29 is 33.3 Å². The Morgan fingerprint density at radius 2 is 1.65 bits per heavy atom. The first-order chi connectivity index (χ1) is 10.6. The van der Waals surface area contributed by atoms with Crippen LogP contribution in [-0.2, 0) is 33.3 Å². The molecule has 3 atom stereocenters. The number of ether oxygens (including phenoxy) is 4. The number of hydrogen-bond acceptors (Lipinski definition) is 7. The summed E-state index contributed by atoms with van der Waals surface area (Å²) in [5.41, 5.74) is -0.601. The van der Waals surface area contributed by atoms with Gasteiger partial charge in [0, 0.05) is 13.8 Å². The molecule has 0 aromatic rings. The van der Waals surface area contributed by atoms with E-state index in [0.29, 0.717) is 0 Å². The van der Waals surface area contributed by atoms with Gasteiger partial charge in [0.1, 0.15) is 31.5 Å². The van der Waals surface area contributed by atoms with E-state index in [4.69, 9.17) is 18.9 Å². The summed E-state index contributed by atoms with van der Waals surface area (Å²) in [6.45, 7) is 7.82. The van der Waals surface area contributed by atoms with E-state index in [9.17, 15) is 14.4 Å². The minimum atomic E-state index is -0.651. The zero-order valence-electron chi connectivity index (χ0n) is 14.2. The van der Waals surface area contributed by atoms with Gasteiger partial charge in [0.05, 0.1) is 5.41 Å². The van der Waals surface area contributed by atoms with E-state index in [1.165, 1.54) is 13.8 Å². The molecule has 0 amide bonds. The Labute approximate surface area is 135 Å². The number of esters is 3. The molecule has 0 radical (unpaired) electrons. The van der Waals surface area contributed by atoms with E-state index in [2.05, 4.69) is 0 Å². The average molecular weight is 328 g/mol. The van der Waals surface area contributed by atoms with Gasteiger partial charge in [-0.05, 0) is 26.8 Å². The minimum absolute atomic E-state index is 0.0377. The highest BCUT2D eigenvalue weighted by molar-refractivity contribution is 5.75. The SMILES string of the molecule is CC(=O)OC[C@H]1OC(COC(=O)C(C)(C)C)C=C[C@@H]1OC(C)=O. The molecule has 0 aliphatic carbocycles. The molecule has 0 fully saturated rings. The smallest absolute Gasteiger partial charge is 0.311 e. The van der Waals surface area contributed by atoms with Gasteiger partial charge in [-0.1, -0.05) is 6.08 Å². The van der Waals surface area contributed by atoms with Crippen molar-refractivity contribution in [3.05, 3.63) is 12.2 Å². The summed E-state index contributed by atoms with van der Waals surface area (Å²) in [6.07, 6.45) is 1.52. The second-order valence-electron chi connectivity index (χ2n) is 6.32. The Kier molecular flexibility index (Phi) is 6.75. The summed E-state index contributed by atoms with van der Waals surface area (Å²) >= 11 is 0. The fraction of sp³-hybridized carbons (Fsp3) is 0.688. The van der Waals surface area contributed by atoms with Gasteiger partial charge in [0.25, 0.3) is 0 Å². The Balaban J connectivity index is 2.65. The molecule has 23 heavy (non-hydrogen) atoms. The summed E-state index contributed by atoms with van der Waals surface area (Å²) in [7, 11) is 0. The maximum atomic E-state index is 11.8. The highest BCUT2D eigenvalue weighted by Crippen LogP contribution is 2.19. The molecule has 0 saturated carbocycles. The maximum Gasteiger partial charge on any atom is 0.311 e. The number of rotatable bonds is 5. The predicted octanol–water partition coefficient (Wildman–Crippen LogP) is 1.39. The standard InChI is InChI=1S/C16H24O7/c1-10(17)20-9-14-13(22-11(2)18)7-6-12(23-14)8-21-15(19)16(3,4)5/h6-7,12-14H,8-9H2,1-5H3/t12?,13-,14+/m0/s1. The van der Waals surface area contributed by atoms with Crippen LogP contribution in [0, 0.1) is 5.41 Å². The van der Waals surface area contributed by atoms with Crippen LogP contribution in [0.3, 0.4) is 0 Å². The molecular formula is C16H24O7. The zero-order chi connectivity index (χ0) is 17.6. The molecule has 7 heteroatoms. The van der Waals surface area contributed by atoms with Crippen molar-refractivity contribution in [3.63, 3.8) is 0 Å². The van der Waals surface area contributed by atoms with Gasteiger partial charge < -0.3 is 18.9 Å². The molecule has 1 aliphatic heterocycles. The molecule has 0 aromatic heterocycles. The molecule has 1 heterocycles. The van der Waals surface area contributed by atoms with Gasteiger partial charge in [-0.15, -0.1) is 0 Å². The van der Waals surface area contributed by atoms with Crippen LogP contribution in [0.1, 0.15) is 34.6 Å². The molecular weight excluding hydrogens is 304 g/mol. The van der Waals surface area contributed by atoms with Crippen LogP contribution in [0.2, 0.25) is 0 Å². The van der Waals surface area contributed by atoms with Crippen LogP contribution >= 0.6 is 0 Å². The largest absolute Gasteiger partial charge is 0.463 e. The third-order valence-corrected chi connectivity index (χ3v) is 2.98. The summed E-state index contributed by atoms with van der Waals surface area (Å²) in [6, 6.07) is 0. The lowest BCUT2D eigenvalue weighted by Crippen LogP contribution is -2.43. The first kappa shape index (κ1) is 19.2. The molecule has 1 aliphatic rings. The van der Waals surface area contributed by atoms with E-state index in [1.807, 2.05) is 0 Å². The fourth-order valence-corrected chi connectivity index (χ4v) is 1.81. The van der Waals surface area contributed by atoms with Gasteiger partial charge in [-0.2, -0.15) is 0 Å². The second-order valence-corrected chi connectivity index (χ2v) is 6.32. The summed E-state index contributed by atoms with van der Waals surface area (Å²) in [5.74, 6) is -1.26.